The van der Waals surface area contributed by atoms with Gasteiger partial charge in [-0.05, 0) is 13.0 Å². The lowest BCUT2D eigenvalue weighted by Gasteiger charge is -2.08. The third kappa shape index (κ3) is 2.74. The minimum Gasteiger partial charge on any atom is -0.322 e. The van der Waals surface area contributed by atoms with Gasteiger partial charge in [0, 0.05) is 12.1 Å². The van der Waals surface area contributed by atoms with E-state index in [0.717, 1.165) is 18.2 Å². The van der Waals surface area contributed by atoms with Crippen molar-refractivity contribution in [3.8, 4) is 0 Å². The third-order valence-corrected chi connectivity index (χ3v) is 1.83. The Bertz CT molecular complexity index is 434. The molecule has 0 fully saturated rings. The van der Waals surface area contributed by atoms with Gasteiger partial charge in [0.1, 0.15) is 5.82 Å². The second kappa shape index (κ2) is 4.67. The maximum Gasteiger partial charge on any atom is 0.271 e. The zero-order valence-electron chi connectivity index (χ0n) is 8.44. The Morgan fingerprint density at radius 1 is 1.62 bits per heavy atom. The van der Waals surface area contributed by atoms with Gasteiger partial charge in [-0.2, -0.15) is 0 Å². The van der Waals surface area contributed by atoms with Gasteiger partial charge < -0.3 is 11.1 Å². The average Bonchev–Trinajstić information content (AvgIpc) is 2.20. The molecule has 1 aromatic carbocycles. The summed E-state index contributed by atoms with van der Waals surface area (Å²) in [5, 5.41) is 12.6. The molecule has 1 aromatic rings. The molecule has 0 aromatic heterocycles. The van der Waals surface area contributed by atoms with E-state index in [1.54, 1.807) is 0 Å². The van der Waals surface area contributed by atoms with Crippen molar-refractivity contribution < 1.29 is 14.1 Å². The van der Waals surface area contributed by atoms with Gasteiger partial charge in [-0.25, -0.2) is 4.39 Å². The van der Waals surface area contributed by atoms with E-state index in [2.05, 4.69) is 5.32 Å². The Morgan fingerprint density at radius 3 is 2.75 bits per heavy atom. The van der Waals surface area contributed by atoms with Crippen molar-refractivity contribution in [3.63, 3.8) is 0 Å². The normalized spacial score (nSPS) is 11.9. The summed E-state index contributed by atoms with van der Waals surface area (Å²) in [4.78, 5) is 20.9. The predicted octanol–water partition coefficient (Wildman–Crippen LogP) is 1.02. The van der Waals surface area contributed by atoms with Crippen molar-refractivity contribution in [1.82, 2.24) is 0 Å². The number of anilines is 1. The van der Waals surface area contributed by atoms with Crippen LogP contribution >= 0.6 is 0 Å². The second-order valence-electron chi connectivity index (χ2n) is 3.20. The van der Waals surface area contributed by atoms with Crippen LogP contribution < -0.4 is 11.1 Å². The first kappa shape index (κ1) is 12.1. The number of hydrogen-bond donors (Lipinski definition) is 2. The van der Waals surface area contributed by atoms with Crippen LogP contribution in [0.1, 0.15) is 6.92 Å². The Morgan fingerprint density at radius 2 is 2.25 bits per heavy atom. The fraction of sp³-hybridized carbons (Fsp3) is 0.222. The summed E-state index contributed by atoms with van der Waals surface area (Å²) in [6, 6.07) is 2.04. The van der Waals surface area contributed by atoms with Crippen molar-refractivity contribution in [3.05, 3.63) is 34.1 Å². The van der Waals surface area contributed by atoms with Crippen LogP contribution in [0.15, 0.2) is 18.2 Å². The van der Waals surface area contributed by atoms with Gasteiger partial charge in [0.05, 0.1) is 16.7 Å². The minimum atomic E-state index is -0.821. The Hall–Kier alpha value is -2.02. The van der Waals surface area contributed by atoms with E-state index in [1.807, 2.05) is 0 Å². The van der Waals surface area contributed by atoms with Crippen LogP contribution in [0.4, 0.5) is 15.8 Å². The number of carbonyl (C=O) groups is 1. The van der Waals surface area contributed by atoms with Gasteiger partial charge in [-0.1, -0.05) is 0 Å². The molecule has 16 heavy (non-hydrogen) atoms. The number of benzene rings is 1. The van der Waals surface area contributed by atoms with Gasteiger partial charge in [0.2, 0.25) is 5.91 Å². The number of nitrogens with two attached hydrogens (primary N) is 1. The largest absolute Gasteiger partial charge is 0.322 e. The predicted molar refractivity (Wildman–Crippen MR) is 55.3 cm³/mol. The first-order valence-electron chi connectivity index (χ1n) is 4.42. The Balaban J connectivity index is 2.99. The highest BCUT2D eigenvalue weighted by Crippen LogP contribution is 2.21. The third-order valence-electron chi connectivity index (χ3n) is 1.83. The first-order chi connectivity index (χ1) is 7.41. The molecule has 0 saturated carbocycles. The number of nitro groups is 1. The molecule has 0 aliphatic rings. The molecule has 1 amide bonds. The summed E-state index contributed by atoms with van der Waals surface area (Å²) in [5.41, 5.74) is 4.71. The number of rotatable bonds is 3. The highest BCUT2D eigenvalue weighted by atomic mass is 19.1. The lowest BCUT2D eigenvalue weighted by atomic mass is 10.2. The van der Waals surface area contributed by atoms with Crippen LogP contribution in [0.2, 0.25) is 0 Å². The van der Waals surface area contributed by atoms with Crippen LogP contribution in [0, 0.1) is 15.9 Å². The second-order valence-corrected chi connectivity index (χ2v) is 3.20. The van der Waals surface area contributed by atoms with Crippen molar-refractivity contribution in [2.45, 2.75) is 13.0 Å². The van der Waals surface area contributed by atoms with Gasteiger partial charge in [-0.3, -0.25) is 14.9 Å². The number of amides is 1. The number of halogens is 1. The molecule has 0 aliphatic heterocycles. The highest BCUT2D eigenvalue weighted by molar-refractivity contribution is 5.94. The maximum atomic E-state index is 13.2. The smallest absolute Gasteiger partial charge is 0.271 e. The SMILES string of the molecule is C[C@@H](N)C(=O)Nc1cc([N+](=O)[O-])ccc1F. The van der Waals surface area contributed by atoms with E-state index in [4.69, 9.17) is 5.73 Å². The monoisotopic (exact) mass is 227 g/mol. The Labute approximate surface area is 90.4 Å². The van der Waals surface area contributed by atoms with Crippen molar-refractivity contribution in [2.24, 2.45) is 5.73 Å². The number of hydrogen-bond acceptors (Lipinski definition) is 4. The lowest BCUT2D eigenvalue weighted by molar-refractivity contribution is -0.384. The summed E-state index contributed by atoms with van der Waals surface area (Å²) >= 11 is 0. The number of nitrogens with zero attached hydrogens (tertiary/aromatic N) is 1. The van der Waals surface area contributed by atoms with Gasteiger partial charge in [0.15, 0.2) is 0 Å². The molecular weight excluding hydrogens is 217 g/mol. The topological polar surface area (TPSA) is 98.3 Å². The molecular formula is C9H10FN3O3. The molecule has 1 rings (SSSR count). The van der Waals surface area contributed by atoms with Crippen LogP contribution in [-0.4, -0.2) is 16.9 Å². The molecule has 0 unspecified atom stereocenters. The molecule has 0 aliphatic carbocycles. The minimum absolute atomic E-state index is 0.253. The molecule has 0 spiro atoms. The molecule has 86 valence electrons. The summed E-state index contributed by atoms with van der Waals surface area (Å²) in [7, 11) is 0. The van der Waals surface area contributed by atoms with Gasteiger partial charge in [-0.15, -0.1) is 0 Å². The molecule has 3 N–H and O–H groups in total. The molecule has 0 saturated heterocycles. The summed E-state index contributed by atoms with van der Waals surface area (Å²) < 4.78 is 13.2. The number of nitro benzene ring substituents is 1. The average molecular weight is 227 g/mol. The fourth-order valence-corrected chi connectivity index (χ4v) is 0.969. The van der Waals surface area contributed by atoms with E-state index < -0.39 is 22.7 Å². The first-order valence-corrected chi connectivity index (χ1v) is 4.42. The van der Waals surface area contributed by atoms with Gasteiger partial charge >= 0.3 is 0 Å². The van der Waals surface area contributed by atoms with Gasteiger partial charge in [0.25, 0.3) is 5.69 Å². The standard InChI is InChI=1S/C9H10FN3O3/c1-5(11)9(14)12-8-4-6(13(15)16)2-3-7(8)10/h2-5H,11H2,1H3,(H,12,14)/t5-/m1/s1. The van der Waals surface area contributed by atoms with E-state index in [9.17, 15) is 19.3 Å². The van der Waals surface area contributed by atoms with E-state index in [1.165, 1.54) is 6.92 Å². The number of carbonyl (C=O) groups excluding carboxylic acids is 1. The lowest BCUT2D eigenvalue weighted by Crippen LogP contribution is -2.32. The summed E-state index contributed by atoms with van der Waals surface area (Å²) in [6.45, 7) is 1.42. The molecule has 1 atom stereocenters. The zero-order valence-corrected chi connectivity index (χ0v) is 8.44. The summed E-state index contributed by atoms with van der Waals surface area (Å²) in [6.07, 6.45) is 0. The molecule has 0 bridgehead atoms. The molecule has 7 heteroatoms. The van der Waals surface area contributed by atoms with Crippen LogP contribution in [0.3, 0.4) is 0 Å². The van der Waals surface area contributed by atoms with Crippen LogP contribution in [0.25, 0.3) is 0 Å². The van der Waals surface area contributed by atoms with E-state index in [-0.39, 0.29) is 11.4 Å². The fourth-order valence-electron chi connectivity index (χ4n) is 0.969. The summed E-state index contributed by atoms with van der Waals surface area (Å²) in [5.74, 6) is -1.36. The number of non-ortho nitro benzene ring substituents is 1. The van der Waals surface area contributed by atoms with Crippen molar-refractivity contribution in [1.29, 1.82) is 0 Å². The number of nitrogens with one attached hydrogen (secondary N) is 1. The van der Waals surface area contributed by atoms with Crippen molar-refractivity contribution >= 4 is 17.3 Å². The molecule has 6 nitrogen and oxygen atoms in total. The van der Waals surface area contributed by atoms with Crippen LogP contribution in [0.5, 0.6) is 0 Å². The van der Waals surface area contributed by atoms with Crippen molar-refractivity contribution in [2.75, 3.05) is 5.32 Å². The maximum absolute atomic E-state index is 13.2. The zero-order chi connectivity index (χ0) is 12.3. The van der Waals surface area contributed by atoms with E-state index in [0.29, 0.717) is 0 Å². The Kier molecular flexibility index (Phi) is 3.51. The highest BCUT2D eigenvalue weighted by Gasteiger charge is 2.14. The van der Waals surface area contributed by atoms with Crippen LogP contribution in [-0.2, 0) is 4.79 Å². The molecule has 0 radical (unpaired) electrons. The van der Waals surface area contributed by atoms with E-state index >= 15 is 0 Å². The molecule has 0 heterocycles. The quantitative estimate of drug-likeness (QED) is 0.594.